The van der Waals surface area contributed by atoms with Crippen molar-refractivity contribution in [1.82, 2.24) is 0 Å². The van der Waals surface area contributed by atoms with E-state index in [1.807, 2.05) is 25.1 Å². The van der Waals surface area contributed by atoms with Crippen LogP contribution in [0.1, 0.15) is 15.9 Å². The van der Waals surface area contributed by atoms with E-state index < -0.39 is 5.82 Å². The maximum Gasteiger partial charge on any atom is 0.150 e. The third kappa shape index (κ3) is 2.25. The third-order valence-corrected chi connectivity index (χ3v) is 2.86. The van der Waals surface area contributed by atoms with Crippen LogP contribution in [0.4, 0.5) is 4.39 Å². The quantitative estimate of drug-likeness (QED) is 0.771. The van der Waals surface area contributed by atoms with Crippen LogP contribution < -0.4 is 4.74 Å². The number of hydrogen-bond acceptors (Lipinski definition) is 2. The van der Waals surface area contributed by atoms with Crippen LogP contribution in [-0.4, -0.2) is 13.4 Å². The highest BCUT2D eigenvalue weighted by Crippen LogP contribution is 2.29. The molecular formula is C15H13FO2. The lowest BCUT2D eigenvalue weighted by atomic mass is 9.96. The fourth-order valence-electron chi connectivity index (χ4n) is 1.94. The van der Waals surface area contributed by atoms with Crippen molar-refractivity contribution in [2.75, 3.05) is 7.11 Å². The number of hydrogen-bond donors (Lipinski definition) is 0. The Morgan fingerprint density at radius 1 is 1.11 bits per heavy atom. The lowest BCUT2D eigenvalue weighted by Crippen LogP contribution is -1.92. The molecule has 0 amide bonds. The van der Waals surface area contributed by atoms with Gasteiger partial charge in [0.25, 0.3) is 0 Å². The summed E-state index contributed by atoms with van der Waals surface area (Å²) in [6.45, 7) is 1.93. The van der Waals surface area contributed by atoms with Crippen LogP contribution in [0.5, 0.6) is 5.75 Å². The number of ether oxygens (including phenoxy) is 1. The van der Waals surface area contributed by atoms with Crippen molar-refractivity contribution >= 4 is 6.29 Å². The second-order valence-electron chi connectivity index (χ2n) is 4.03. The molecule has 18 heavy (non-hydrogen) atoms. The Kier molecular flexibility index (Phi) is 3.42. The van der Waals surface area contributed by atoms with Crippen molar-refractivity contribution < 1.29 is 13.9 Å². The van der Waals surface area contributed by atoms with Crippen LogP contribution >= 0.6 is 0 Å². The normalized spacial score (nSPS) is 10.2. The van der Waals surface area contributed by atoms with Crippen LogP contribution in [0.15, 0.2) is 36.4 Å². The Morgan fingerprint density at radius 2 is 1.83 bits per heavy atom. The van der Waals surface area contributed by atoms with Gasteiger partial charge in [-0.25, -0.2) is 4.39 Å². The van der Waals surface area contributed by atoms with Crippen molar-refractivity contribution in [3.63, 3.8) is 0 Å². The molecule has 92 valence electrons. The van der Waals surface area contributed by atoms with E-state index in [-0.39, 0.29) is 0 Å². The first-order chi connectivity index (χ1) is 8.65. The third-order valence-electron chi connectivity index (χ3n) is 2.86. The predicted molar refractivity (Wildman–Crippen MR) is 68.5 cm³/mol. The fraction of sp³-hybridized carbons (Fsp3) is 0.133. The molecule has 0 aliphatic rings. The number of rotatable bonds is 3. The van der Waals surface area contributed by atoms with E-state index in [4.69, 9.17) is 4.74 Å². The van der Waals surface area contributed by atoms with Crippen molar-refractivity contribution in [1.29, 1.82) is 0 Å². The first kappa shape index (κ1) is 12.3. The Bertz CT molecular complexity index is 591. The van der Waals surface area contributed by atoms with Crippen LogP contribution in [0.2, 0.25) is 0 Å². The number of carbonyl (C=O) groups is 1. The van der Waals surface area contributed by atoms with E-state index in [2.05, 4.69) is 0 Å². The van der Waals surface area contributed by atoms with Crippen LogP contribution in [0, 0.1) is 12.7 Å². The number of methoxy groups -OCH3 is 1. The summed E-state index contributed by atoms with van der Waals surface area (Å²) in [4.78, 5) is 11.0. The molecule has 0 radical (unpaired) electrons. The number of halogens is 1. The standard InChI is InChI=1S/C15H13FO2/c1-10-7-13(18-2)4-6-14(10)15-5-3-12(16)8-11(15)9-17/h3-9H,1-2H3. The van der Waals surface area contributed by atoms with E-state index in [0.717, 1.165) is 22.4 Å². The molecule has 0 saturated heterocycles. The molecule has 0 unspecified atom stereocenters. The summed E-state index contributed by atoms with van der Waals surface area (Å²) in [6, 6.07) is 9.79. The summed E-state index contributed by atoms with van der Waals surface area (Å²) < 4.78 is 18.2. The summed E-state index contributed by atoms with van der Waals surface area (Å²) in [5.74, 6) is 0.345. The van der Waals surface area contributed by atoms with Crippen LogP contribution in [-0.2, 0) is 0 Å². The Balaban J connectivity index is 2.58. The fourth-order valence-corrected chi connectivity index (χ4v) is 1.94. The van der Waals surface area contributed by atoms with Gasteiger partial charge < -0.3 is 4.74 Å². The molecule has 0 saturated carbocycles. The molecule has 2 aromatic carbocycles. The zero-order valence-corrected chi connectivity index (χ0v) is 10.2. The summed E-state index contributed by atoms with van der Waals surface area (Å²) in [5, 5.41) is 0. The minimum absolute atomic E-state index is 0.350. The Labute approximate surface area is 105 Å². The number of benzene rings is 2. The number of aldehydes is 1. The molecule has 0 heterocycles. The summed E-state index contributed by atoms with van der Waals surface area (Å²) in [7, 11) is 1.60. The first-order valence-corrected chi connectivity index (χ1v) is 5.55. The van der Waals surface area contributed by atoms with Gasteiger partial charge >= 0.3 is 0 Å². The topological polar surface area (TPSA) is 26.3 Å². The monoisotopic (exact) mass is 244 g/mol. The number of aryl methyl sites for hydroxylation is 1. The maximum atomic E-state index is 13.1. The van der Waals surface area contributed by atoms with Crippen molar-refractivity contribution in [2.24, 2.45) is 0 Å². The van der Waals surface area contributed by atoms with Gasteiger partial charge in [-0.1, -0.05) is 12.1 Å². The molecular weight excluding hydrogens is 231 g/mol. The van der Waals surface area contributed by atoms with Gasteiger partial charge in [-0.15, -0.1) is 0 Å². The molecule has 0 fully saturated rings. The molecule has 2 rings (SSSR count). The molecule has 0 aromatic heterocycles. The van der Waals surface area contributed by atoms with Crippen LogP contribution in [0.25, 0.3) is 11.1 Å². The SMILES string of the molecule is COc1ccc(-c2ccc(F)cc2C=O)c(C)c1. The minimum atomic E-state index is -0.410. The Morgan fingerprint density at radius 3 is 2.44 bits per heavy atom. The smallest absolute Gasteiger partial charge is 0.150 e. The molecule has 0 N–H and O–H groups in total. The van der Waals surface area contributed by atoms with Gasteiger partial charge in [0.15, 0.2) is 6.29 Å². The molecule has 0 aliphatic carbocycles. The lowest BCUT2D eigenvalue weighted by Gasteiger charge is -2.10. The molecule has 3 heteroatoms. The molecule has 2 aromatic rings. The highest BCUT2D eigenvalue weighted by molar-refractivity contribution is 5.88. The molecule has 0 bridgehead atoms. The van der Waals surface area contributed by atoms with Gasteiger partial charge in [0, 0.05) is 5.56 Å². The van der Waals surface area contributed by atoms with Gasteiger partial charge in [-0.05, 0) is 47.9 Å². The average molecular weight is 244 g/mol. The van der Waals surface area contributed by atoms with Crippen molar-refractivity contribution in [3.05, 3.63) is 53.3 Å². The predicted octanol–water partition coefficient (Wildman–Crippen LogP) is 3.62. The molecule has 0 aliphatic heterocycles. The van der Waals surface area contributed by atoms with Gasteiger partial charge in [-0.2, -0.15) is 0 Å². The van der Waals surface area contributed by atoms with Crippen molar-refractivity contribution in [3.8, 4) is 16.9 Å². The second kappa shape index (κ2) is 5.00. The zero-order chi connectivity index (χ0) is 13.1. The van der Waals surface area contributed by atoms with E-state index >= 15 is 0 Å². The van der Waals surface area contributed by atoms with E-state index in [1.54, 1.807) is 13.2 Å². The molecule has 0 spiro atoms. The largest absolute Gasteiger partial charge is 0.497 e. The highest BCUT2D eigenvalue weighted by Gasteiger charge is 2.09. The molecule has 0 atom stereocenters. The number of carbonyl (C=O) groups excluding carboxylic acids is 1. The van der Waals surface area contributed by atoms with Gasteiger partial charge in [-0.3, -0.25) is 4.79 Å². The average Bonchev–Trinajstić information content (AvgIpc) is 2.39. The van der Waals surface area contributed by atoms with Crippen LogP contribution in [0.3, 0.4) is 0 Å². The van der Waals surface area contributed by atoms with Crippen molar-refractivity contribution in [2.45, 2.75) is 6.92 Å². The lowest BCUT2D eigenvalue weighted by molar-refractivity contribution is 0.112. The van der Waals surface area contributed by atoms with E-state index in [0.29, 0.717) is 11.8 Å². The Hall–Kier alpha value is -2.16. The highest BCUT2D eigenvalue weighted by atomic mass is 19.1. The van der Waals surface area contributed by atoms with Gasteiger partial charge in [0.1, 0.15) is 11.6 Å². The van der Waals surface area contributed by atoms with Gasteiger partial charge in [0.2, 0.25) is 0 Å². The summed E-state index contributed by atoms with van der Waals surface area (Å²) in [6.07, 6.45) is 0.669. The minimum Gasteiger partial charge on any atom is -0.497 e. The summed E-state index contributed by atoms with van der Waals surface area (Å²) in [5.41, 5.74) is 2.96. The van der Waals surface area contributed by atoms with E-state index in [1.165, 1.54) is 12.1 Å². The second-order valence-corrected chi connectivity index (χ2v) is 4.03. The first-order valence-electron chi connectivity index (χ1n) is 5.55. The van der Waals surface area contributed by atoms with E-state index in [9.17, 15) is 9.18 Å². The zero-order valence-electron chi connectivity index (χ0n) is 10.2. The maximum absolute atomic E-state index is 13.1. The van der Waals surface area contributed by atoms with Gasteiger partial charge in [0.05, 0.1) is 7.11 Å². The summed E-state index contributed by atoms with van der Waals surface area (Å²) >= 11 is 0. The molecule has 2 nitrogen and oxygen atoms in total.